The van der Waals surface area contributed by atoms with E-state index in [1.807, 2.05) is 0 Å². The van der Waals surface area contributed by atoms with E-state index in [0.717, 1.165) is 6.07 Å². The van der Waals surface area contributed by atoms with Crippen LogP contribution in [0.3, 0.4) is 0 Å². The zero-order valence-corrected chi connectivity index (χ0v) is 10.8. The first-order valence-corrected chi connectivity index (χ1v) is 5.85. The second kappa shape index (κ2) is 5.49. The zero-order chi connectivity index (χ0) is 15.6. The average molecular weight is 289 g/mol. The van der Waals surface area contributed by atoms with Crippen LogP contribution in [0.4, 0.5) is 10.1 Å². The van der Waals surface area contributed by atoms with Crippen LogP contribution in [0.1, 0.15) is 20.7 Å². The minimum absolute atomic E-state index is 0.0597. The molecule has 0 radical (unpaired) electrons. The number of hydrogen-bond acceptors (Lipinski definition) is 4. The third-order valence-corrected chi connectivity index (χ3v) is 2.74. The maximum atomic E-state index is 13.6. The fourth-order valence-corrected chi connectivity index (χ4v) is 1.77. The Kier molecular flexibility index (Phi) is 3.75. The van der Waals surface area contributed by atoms with Gasteiger partial charge in [0.05, 0.1) is 5.56 Å². The molecule has 0 aromatic heterocycles. The lowest BCUT2D eigenvalue weighted by atomic mass is 10.1. The zero-order valence-electron chi connectivity index (χ0n) is 10.8. The molecule has 0 aliphatic carbocycles. The summed E-state index contributed by atoms with van der Waals surface area (Å²) in [7, 11) is 0. The van der Waals surface area contributed by atoms with Crippen molar-refractivity contribution in [2.24, 2.45) is 11.5 Å². The van der Waals surface area contributed by atoms with Crippen LogP contribution < -0.4 is 21.9 Å². The predicted molar refractivity (Wildman–Crippen MR) is 74.4 cm³/mol. The number of hydrogen-bond donors (Lipinski definition) is 3. The molecule has 2 aromatic carbocycles. The monoisotopic (exact) mass is 289 g/mol. The molecule has 0 bridgehead atoms. The molecule has 0 atom stereocenters. The van der Waals surface area contributed by atoms with Crippen molar-refractivity contribution in [2.75, 3.05) is 5.73 Å². The van der Waals surface area contributed by atoms with Crippen LogP contribution in [-0.2, 0) is 0 Å². The van der Waals surface area contributed by atoms with E-state index in [2.05, 4.69) is 0 Å². The number of anilines is 1. The molecule has 0 saturated heterocycles. The maximum Gasteiger partial charge on any atom is 0.255 e. The Morgan fingerprint density at radius 2 is 1.76 bits per heavy atom. The van der Waals surface area contributed by atoms with E-state index in [0.29, 0.717) is 0 Å². The Morgan fingerprint density at radius 3 is 2.38 bits per heavy atom. The van der Waals surface area contributed by atoms with E-state index in [-0.39, 0.29) is 28.3 Å². The van der Waals surface area contributed by atoms with Gasteiger partial charge in [-0.05, 0) is 30.3 Å². The second-order valence-corrected chi connectivity index (χ2v) is 4.19. The SMILES string of the molecule is NC(=O)c1cc(Oc2cccc(F)c2C(N)=O)ccc1N. The smallest absolute Gasteiger partial charge is 0.255 e. The van der Waals surface area contributed by atoms with Gasteiger partial charge < -0.3 is 21.9 Å². The van der Waals surface area contributed by atoms with Crippen molar-refractivity contribution >= 4 is 17.5 Å². The van der Waals surface area contributed by atoms with Crippen molar-refractivity contribution in [3.63, 3.8) is 0 Å². The van der Waals surface area contributed by atoms with E-state index in [1.54, 1.807) is 0 Å². The number of amides is 2. The van der Waals surface area contributed by atoms with E-state index in [4.69, 9.17) is 21.9 Å². The van der Waals surface area contributed by atoms with E-state index in [9.17, 15) is 14.0 Å². The molecular formula is C14H12FN3O3. The fraction of sp³-hybridized carbons (Fsp3) is 0. The normalized spacial score (nSPS) is 10.1. The van der Waals surface area contributed by atoms with Crippen LogP contribution in [0, 0.1) is 5.82 Å². The molecule has 0 saturated carbocycles. The predicted octanol–water partition coefficient (Wildman–Crippen LogP) is 1.40. The van der Waals surface area contributed by atoms with Crippen molar-refractivity contribution in [1.29, 1.82) is 0 Å². The summed E-state index contributed by atoms with van der Waals surface area (Å²) in [4.78, 5) is 22.5. The maximum absolute atomic E-state index is 13.6. The van der Waals surface area contributed by atoms with Gasteiger partial charge in [0.25, 0.3) is 11.8 Å². The topological polar surface area (TPSA) is 121 Å². The van der Waals surface area contributed by atoms with Gasteiger partial charge in [-0.25, -0.2) is 4.39 Å². The number of benzene rings is 2. The van der Waals surface area contributed by atoms with Crippen LogP contribution in [-0.4, -0.2) is 11.8 Å². The van der Waals surface area contributed by atoms with E-state index in [1.165, 1.54) is 30.3 Å². The number of rotatable bonds is 4. The first-order chi connectivity index (χ1) is 9.90. The molecular weight excluding hydrogens is 277 g/mol. The van der Waals surface area contributed by atoms with Crippen molar-refractivity contribution in [3.05, 3.63) is 53.3 Å². The summed E-state index contributed by atoms with van der Waals surface area (Å²) >= 11 is 0. The second-order valence-electron chi connectivity index (χ2n) is 4.19. The highest BCUT2D eigenvalue weighted by atomic mass is 19.1. The summed E-state index contributed by atoms with van der Waals surface area (Å²) in [5, 5.41) is 0. The van der Waals surface area contributed by atoms with Crippen molar-refractivity contribution in [1.82, 2.24) is 0 Å². The standard InChI is InChI=1S/C14H12FN3O3/c15-9-2-1-3-11(12(9)14(18)20)21-7-4-5-10(16)8(6-7)13(17)19/h1-6H,16H2,(H2,17,19)(H2,18,20). The molecule has 0 aliphatic heterocycles. The van der Waals surface area contributed by atoms with Crippen LogP contribution in [0.2, 0.25) is 0 Å². The molecule has 2 amide bonds. The molecule has 108 valence electrons. The summed E-state index contributed by atoms with van der Waals surface area (Å²) in [6.07, 6.45) is 0. The fourth-order valence-electron chi connectivity index (χ4n) is 1.77. The number of nitrogens with two attached hydrogens (primary N) is 3. The highest BCUT2D eigenvalue weighted by Gasteiger charge is 2.16. The molecule has 0 heterocycles. The Balaban J connectivity index is 2.44. The third-order valence-electron chi connectivity index (χ3n) is 2.74. The van der Waals surface area contributed by atoms with Gasteiger partial charge in [-0.3, -0.25) is 9.59 Å². The lowest BCUT2D eigenvalue weighted by molar-refractivity contribution is 0.0987. The number of primary amides is 2. The summed E-state index contributed by atoms with van der Waals surface area (Å²) in [6, 6.07) is 8.00. The molecule has 0 fully saturated rings. The molecule has 7 heteroatoms. The number of ether oxygens (including phenoxy) is 1. The van der Waals surface area contributed by atoms with Crippen molar-refractivity contribution in [2.45, 2.75) is 0 Å². The van der Waals surface area contributed by atoms with Gasteiger partial charge in [0, 0.05) is 5.69 Å². The summed E-state index contributed by atoms with van der Waals surface area (Å²) in [6.45, 7) is 0. The van der Waals surface area contributed by atoms with Gasteiger partial charge in [0.15, 0.2) is 0 Å². The molecule has 2 rings (SSSR count). The van der Waals surface area contributed by atoms with Gasteiger partial charge >= 0.3 is 0 Å². The highest BCUT2D eigenvalue weighted by Crippen LogP contribution is 2.28. The number of carbonyl (C=O) groups excluding carboxylic acids is 2. The summed E-state index contributed by atoms with van der Waals surface area (Å²) in [5.41, 5.74) is 15.7. The van der Waals surface area contributed by atoms with E-state index >= 15 is 0 Å². The molecule has 6 nitrogen and oxygen atoms in total. The summed E-state index contributed by atoms with van der Waals surface area (Å²) < 4.78 is 19.0. The third kappa shape index (κ3) is 2.92. The minimum Gasteiger partial charge on any atom is -0.456 e. The molecule has 21 heavy (non-hydrogen) atoms. The molecule has 0 unspecified atom stereocenters. The highest BCUT2D eigenvalue weighted by molar-refractivity contribution is 5.98. The van der Waals surface area contributed by atoms with E-state index < -0.39 is 17.6 Å². The summed E-state index contributed by atoms with van der Waals surface area (Å²) in [5.74, 6) is -2.39. The average Bonchev–Trinajstić information content (AvgIpc) is 2.40. The van der Waals surface area contributed by atoms with Gasteiger partial charge in [-0.15, -0.1) is 0 Å². The molecule has 2 aromatic rings. The van der Waals surface area contributed by atoms with Gasteiger partial charge in [-0.1, -0.05) is 6.07 Å². The minimum atomic E-state index is -0.964. The quantitative estimate of drug-likeness (QED) is 0.736. The van der Waals surface area contributed by atoms with Gasteiger partial charge in [0.1, 0.15) is 22.9 Å². The van der Waals surface area contributed by atoms with Crippen LogP contribution >= 0.6 is 0 Å². The number of carbonyl (C=O) groups is 2. The first kappa shape index (κ1) is 14.3. The largest absolute Gasteiger partial charge is 0.456 e. The number of nitrogen functional groups attached to an aromatic ring is 1. The molecule has 0 spiro atoms. The van der Waals surface area contributed by atoms with Gasteiger partial charge in [0.2, 0.25) is 0 Å². The Labute approximate surface area is 119 Å². The lowest BCUT2D eigenvalue weighted by Gasteiger charge is -2.11. The Hall–Kier alpha value is -3.09. The number of halogens is 1. The first-order valence-electron chi connectivity index (χ1n) is 5.85. The van der Waals surface area contributed by atoms with Crippen molar-refractivity contribution in [3.8, 4) is 11.5 Å². The Bertz CT molecular complexity index is 731. The molecule has 0 aliphatic rings. The van der Waals surface area contributed by atoms with Gasteiger partial charge in [-0.2, -0.15) is 0 Å². The van der Waals surface area contributed by atoms with Crippen molar-refractivity contribution < 1.29 is 18.7 Å². The van der Waals surface area contributed by atoms with Crippen LogP contribution in [0.25, 0.3) is 0 Å². The Morgan fingerprint density at radius 1 is 1.05 bits per heavy atom. The molecule has 6 N–H and O–H groups in total. The lowest BCUT2D eigenvalue weighted by Crippen LogP contribution is -2.15. The van der Waals surface area contributed by atoms with Crippen LogP contribution in [0.5, 0.6) is 11.5 Å². The van der Waals surface area contributed by atoms with Crippen LogP contribution in [0.15, 0.2) is 36.4 Å².